The van der Waals surface area contributed by atoms with Crippen LogP contribution in [-0.2, 0) is 9.59 Å². The van der Waals surface area contributed by atoms with Crippen LogP contribution < -0.4 is 10.6 Å². The number of para-hydroxylation sites is 1. The van der Waals surface area contributed by atoms with Crippen molar-refractivity contribution in [3.63, 3.8) is 0 Å². The van der Waals surface area contributed by atoms with E-state index in [4.69, 9.17) is 0 Å². The first-order chi connectivity index (χ1) is 11.1. The maximum absolute atomic E-state index is 12.6. The van der Waals surface area contributed by atoms with Crippen LogP contribution in [-0.4, -0.2) is 42.4 Å². The molecule has 2 N–H and O–H groups in total. The van der Waals surface area contributed by atoms with Crippen molar-refractivity contribution in [3.8, 4) is 0 Å². The Morgan fingerprint density at radius 1 is 1.21 bits per heavy atom. The van der Waals surface area contributed by atoms with Gasteiger partial charge in [0.05, 0.1) is 12.6 Å². The molecule has 1 aliphatic heterocycles. The third-order valence-electron chi connectivity index (χ3n) is 4.98. The Bertz CT molecular complexity index is 553. The molecule has 0 spiro atoms. The van der Waals surface area contributed by atoms with E-state index in [9.17, 15) is 9.59 Å². The molecule has 3 atom stereocenters. The molecule has 1 heterocycles. The van der Waals surface area contributed by atoms with Crippen LogP contribution in [0.15, 0.2) is 30.3 Å². The maximum atomic E-state index is 12.6. The van der Waals surface area contributed by atoms with Gasteiger partial charge in [-0.3, -0.25) is 9.59 Å². The minimum absolute atomic E-state index is 0. The summed E-state index contributed by atoms with van der Waals surface area (Å²) >= 11 is 0. The van der Waals surface area contributed by atoms with Crippen LogP contribution in [0.3, 0.4) is 0 Å². The van der Waals surface area contributed by atoms with Gasteiger partial charge in [-0.2, -0.15) is 0 Å². The molecule has 1 aliphatic carbocycles. The van der Waals surface area contributed by atoms with Crippen molar-refractivity contribution in [1.29, 1.82) is 0 Å². The molecule has 0 radical (unpaired) electrons. The number of nitrogens with zero attached hydrogens (tertiary/aromatic N) is 1. The van der Waals surface area contributed by atoms with Gasteiger partial charge in [0.25, 0.3) is 0 Å². The Labute approximate surface area is 149 Å². The molecule has 2 aliphatic rings. The number of carbonyl (C=O) groups excluding carboxylic acids is 2. The van der Waals surface area contributed by atoms with E-state index in [1.165, 1.54) is 30.6 Å². The average Bonchev–Trinajstić information content (AvgIpc) is 2.98. The van der Waals surface area contributed by atoms with E-state index in [0.29, 0.717) is 12.0 Å². The number of likely N-dealkylation sites (N-methyl/N-ethyl adjacent to an activating group) is 1. The summed E-state index contributed by atoms with van der Waals surface area (Å²) in [5, 5.41) is 6.29. The van der Waals surface area contributed by atoms with E-state index in [1.54, 1.807) is 7.05 Å². The highest BCUT2D eigenvalue weighted by molar-refractivity contribution is 5.95. The number of amides is 2. The maximum Gasteiger partial charge on any atom is 0.243 e. The number of hydrogen-bond acceptors (Lipinski definition) is 3. The minimum atomic E-state index is -0.164. The molecule has 132 valence electrons. The van der Waals surface area contributed by atoms with Crippen molar-refractivity contribution in [2.24, 2.45) is 5.92 Å². The number of fused-ring (bicyclic) bond motifs is 1. The molecule has 3 unspecified atom stereocenters. The number of benzene rings is 1. The fourth-order valence-electron chi connectivity index (χ4n) is 3.79. The smallest absolute Gasteiger partial charge is 0.243 e. The van der Waals surface area contributed by atoms with Gasteiger partial charge in [0.15, 0.2) is 0 Å². The first-order valence-corrected chi connectivity index (χ1v) is 8.49. The molecule has 3 rings (SSSR count). The summed E-state index contributed by atoms with van der Waals surface area (Å²) in [6.45, 7) is 0.0846. The highest BCUT2D eigenvalue weighted by Crippen LogP contribution is 2.33. The largest absolute Gasteiger partial charge is 0.335 e. The van der Waals surface area contributed by atoms with E-state index in [0.717, 1.165) is 12.1 Å². The van der Waals surface area contributed by atoms with Gasteiger partial charge in [0.2, 0.25) is 11.8 Å². The second-order valence-corrected chi connectivity index (χ2v) is 6.71. The molecule has 24 heavy (non-hydrogen) atoms. The SMILES string of the molecule is CN(CC(=O)Nc1ccccc1)C(=O)C1CC2CCCCC2N1.Cl. The van der Waals surface area contributed by atoms with E-state index >= 15 is 0 Å². The van der Waals surface area contributed by atoms with Crippen LogP contribution in [0.2, 0.25) is 0 Å². The topological polar surface area (TPSA) is 61.4 Å². The van der Waals surface area contributed by atoms with E-state index in [1.807, 2.05) is 30.3 Å². The summed E-state index contributed by atoms with van der Waals surface area (Å²) in [5.41, 5.74) is 0.753. The van der Waals surface area contributed by atoms with Gasteiger partial charge in [-0.15, -0.1) is 12.4 Å². The van der Waals surface area contributed by atoms with Crippen molar-refractivity contribution in [2.45, 2.75) is 44.2 Å². The summed E-state index contributed by atoms with van der Waals surface area (Å²) in [6, 6.07) is 9.67. The predicted molar refractivity (Wildman–Crippen MR) is 97.2 cm³/mol. The quantitative estimate of drug-likeness (QED) is 0.875. The lowest BCUT2D eigenvalue weighted by Crippen LogP contribution is -2.46. The Morgan fingerprint density at radius 3 is 2.62 bits per heavy atom. The lowest BCUT2D eigenvalue weighted by Gasteiger charge is -2.24. The van der Waals surface area contributed by atoms with Gasteiger partial charge in [-0.25, -0.2) is 0 Å². The second kappa shape index (κ2) is 8.49. The molecule has 5 nitrogen and oxygen atoms in total. The molecule has 0 bridgehead atoms. The van der Waals surface area contributed by atoms with Crippen molar-refractivity contribution in [2.75, 3.05) is 18.9 Å². The van der Waals surface area contributed by atoms with Gasteiger partial charge >= 0.3 is 0 Å². The van der Waals surface area contributed by atoms with Crippen LogP contribution in [0, 0.1) is 5.92 Å². The van der Waals surface area contributed by atoms with E-state index in [2.05, 4.69) is 10.6 Å². The zero-order valence-corrected chi connectivity index (χ0v) is 14.8. The number of rotatable bonds is 4. The molecule has 2 fully saturated rings. The number of nitrogens with one attached hydrogen (secondary N) is 2. The molecule has 1 aromatic rings. The minimum Gasteiger partial charge on any atom is -0.335 e. The van der Waals surface area contributed by atoms with Crippen LogP contribution >= 0.6 is 12.4 Å². The summed E-state index contributed by atoms with van der Waals surface area (Å²) < 4.78 is 0. The average molecular weight is 352 g/mol. The lowest BCUT2D eigenvalue weighted by molar-refractivity contribution is -0.134. The Kier molecular flexibility index (Phi) is 6.63. The summed E-state index contributed by atoms with van der Waals surface area (Å²) in [5.74, 6) is 0.495. The fourth-order valence-corrected chi connectivity index (χ4v) is 3.79. The molecule has 2 amide bonds. The van der Waals surface area contributed by atoms with Crippen molar-refractivity contribution in [3.05, 3.63) is 30.3 Å². The summed E-state index contributed by atoms with van der Waals surface area (Å²) in [7, 11) is 1.70. The Morgan fingerprint density at radius 2 is 1.92 bits per heavy atom. The lowest BCUT2D eigenvalue weighted by atomic mass is 9.85. The van der Waals surface area contributed by atoms with Crippen LogP contribution in [0.1, 0.15) is 32.1 Å². The first-order valence-electron chi connectivity index (χ1n) is 8.49. The Balaban J connectivity index is 0.00000208. The molecular weight excluding hydrogens is 326 g/mol. The monoisotopic (exact) mass is 351 g/mol. The number of hydrogen-bond donors (Lipinski definition) is 2. The number of halogens is 1. The fraction of sp³-hybridized carbons (Fsp3) is 0.556. The van der Waals surface area contributed by atoms with Gasteiger partial charge in [0, 0.05) is 18.8 Å². The summed E-state index contributed by atoms with van der Waals surface area (Å²) in [4.78, 5) is 26.2. The van der Waals surface area contributed by atoms with Gasteiger partial charge < -0.3 is 15.5 Å². The van der Waals surface area contributed by atoms with Crippen molar-refractivity contribution >= 4 is 29.9 Å². The van der Waals surface area contributed by atoms with E-state index in [-0.39, 0.29) is 36.8 Å². The molecular formula is C18H26ClN3O2. The predicted octanol–water partition coefficient (Wildman–Crippen LogP) is 2.43. The van der Waals surface area contributed by atoms with Gasteiger partial charge in [-0.05, 0) is 37.3 Å². The summed E-state index contributed by atoms with van der Waals surface area (Å²) in [6.07, 6.45) is 5.84. The number of carbonyl (C=O) groups is 2. The molecule has 1 aromatic carbocycles. The molecule has 1 saturated carbocycles. The molecule has 0 aromatic heterocycles. The van der Waals surface area contributed by atoms with Crippen LogP contribution in [0.5, 0.6) is 0 Å². The zero-order valence-electron chi connectivity index (χ0n) is 14.0. The van der Waals surface area contributed by atoms with E-state index < -0.39 is 0 Å². The van der Waals surface area contributed by atoms with Crippen LogP contribution in [0.4, 0.5) is 5.69 Å². The highest BCUT2D eigenvalue weighted by atomic mass is 35.5. The number of anilines is 1. The molecule has 6 heteroatoms. The zero-order chi connectivity index (χ0) is 16.2. The Hall–Kier alpha value is -1.59. The normalized spacial score (nSPS) is 25.3. The second-order valence-electron chi connectivity index (χ2n) is 6.71. The van der Waals surface area contributed by atoms with Crippen LogP contribution in [0.25, 0.3) is 0 Å². The standard InChI is InChI=1S/C18H25N3O2.ClH/c1-21(12-17(22)19-14-8-3-2-4-9-14)18(23)16-11-13-7-5-6-10-15(13)20-16;/h2-4,8-9,13,15-16,20H,5-7,10-12H2,1H3,(H,19,22);1H. The highest BCUT2D eigenvalue weighted by Gasteiger charge is 2.39. The van der Waals surface area contributed by atoms with Crippen molar-refractivity contribution < 1.29 is 9.59 Å². The molecule has 1 saturated heterocycles. The van der Waals surface area contributed by atoms with Crippen molar-refractivity contribution in [1.82, 2.24) is 10.2 Å². The van der Waals surface area contributed by atoms with Gasteiger partial charge in [0.1, 0.15) is 0 Å². The third kappa shape index (κ3) is 4.48. The first kappa shape index (κ1) is 18.7. The third-order valence-corrected chi connectivity index (χ3v) is 4.98. The van der Waals surface area contributed by atoms with Gasteiger partial charge in [-0.1, -0.05) is 31.0 Å².